The van der Waals surface area contributed by atoms with Crippen LogP contribution in [0.25, 0.3) is 0 Å². The molecule has 90 valence electrons. The molecule has 0 atom stereocenters. The standard InChI is InChI=1S/C12H19NO3/c1-12(2,13)8-6-9(14-3)11(16-5)10(7-8)15-4/h6-7H,13H2,1-5H3. The minimum Gasteiger partial charge on any atom is -0.493 e. The van der Waals surface area contributed by atoms with Gasteiger partial charge in [-0.3, -0.25) is 0 Å². The average molecular weight is 225 g/mol. The van der Waals surface area contributed by atoms with Crippen LogP contribution in [0.3, 0.4) is 0 Å². The molecule has 0 spiro atoms. The van der Waals surface area contributed by atoms with Gasteiger partial charge in [-0.05, 0) is 31.5 Å². The molecule has 16 heavy (non-hydrogen) atoms. The van der Waals surface area contributed by atoms with E-state index < -0.39 is 5.54 Å². The van der Waals surface area contributed by atoms with Crippen molar-refractivity contribution in [3.8, 4) is 17.2 Å². The van der Waals surface area contributed by atoms with Crippen molar-refractivity contribution in [1.29, 1.82) is 0 Å². The molecular weight excluding hydrogens is 206 g/mol. The number of rotatable bonds is 4. The highest BCUT2D eigenvalue weighted by Crippen LogP contribution is 2.40. The molecule has 0 amide bonds. The zero-order valence-corrected chi connectivity index (χ0v) is 10.5. The lowest BCUT2D eigenvalue weighted by molar-refractivity contribution is 0.322. The molecule has 0 aliphatic carbocycles. The summed E-state index contributed by atoms with van der Waals surface area (Å²) >= 11 is 0. The summed E-state index contributed by atoms with van der Waals surface area (Å²) in [7, 11) is 4.75. The van der Waals surface area contributed by atoms with Crippen molar-refractivity contribution in [2.75, 3.05) is 21.3 Å². The lowest BCUT2D eigenvalue weighted by atomic mass is 9.95. The topological polar surface area (TPSA) is 53.7 Å². The van der Waals surface area contributed by atoms with Gasteiger partial charge in [0, 0.05) is 5.54 Å². The van der Waals surface area contributed by atoms with E-state index in [-0.39, 0.29) is 0 Å². The Morgan fingerprint density at radius 1 is 0.938 bits per heavy atom. The van der Waals surface area contributed by atoms with Crippen molar-refractivity contribution in [1.82, 2.24) is 0 Å². The Bertz CT molecular complexity index is 344. The first kappa shape index (κ1) is 12.6. The number of hydrogen-bond donors (Lipinski definition) is 1. The van der Waals surface area contributed by atoms with E-state index in [1.54, 1.807) is 21.3 Å². The van der Waals surface area contributed by atoms with Crippen LogP contribution in [-0.4, -0.2) is 21.3 Å². The minimum atomic E-state index is -0.452. The quantitative estimate of drug-likeness (QED) is 0.850. The second-order valence-corrected chi connectivity index (χ2v) is 4.14. The summed E-state index contributed by atoms with van der Waals surface area (Å²) in [6.07, 6.45) is 0. The van der Waals surface area contributed by atoms with E-state index in [2.05, 4.69) is 0 Å². The molecule has 0 saturated carbocycles. The summed E-state index contributed by atoms with van der Waals surface area (Å²) in [5.41, 5.74) is 6.52. The summed E-state index contributed by atoms with van der Waals surface area (Å²) in [5.74, 6) is 1.82. The van der Waals surface area contributed by atoms with E-state index in [1.807, 2.05) is 26.0 Å². The second kappa shape index (κ2) is 4.61. The average Bonchev–Trinajstić information content (AvgIpc) is 2.25. The van der Waals surface area contributed by atoms with Crippen LogP contribution >= 0.6 is 0 Å². The lowest BCUT2D eigenvalue weighted by Gasteiger charge is -2.22. The van der Waals surface area contributed by atoms with Crippen molar-refractivity contribution >= 4 is 0 Å². The van der Waals surface area contributed by atoms with E-state index in [9.17, 15) is 0 Å². The fraction of sp³-hybridized carbons (Fsp3) is 0.500. The predicted molar refractivity (Wildman–Crippen MR) is 63.3 cm³/mol. The van der Waals surface area contributed by atoms with Crippen molar-refractivity contribution < 1.29 is 14.2 Å². The summed E-state index contributed by atoms with van der Waals surface area (Å²) < 4.78 is 15.7. The van der Waals surface area contributed by atoms with Crippen molar-refractivity contribution in [2.24, 2.45) is 5.73 Å². The molecular formula is C12H19NO3. The van der Waals surface area contributed by atoms with Gasteiger partial charge in [0.2, 0.25) is 5.75 Å². The normalized spacial score (nSPS) is 11.1. The van der Waals surface area contributed by atoms with E-state index >= 15 is 0 Å². The highest BCUT2D eigenvalue weighted by atomic mass is 16.5. The number of hydrogen-bond acceptors (Lipinski definition) is 4. The number of benzene rings is 1. The molecule has 0 heterocycles. The zero-order chi connectivity index (χ0) is 12.3. The second-order valence-electron chi connectivity index (χ2n) is 4.14. The molecule has 1 aromatic rings. The molecule has 2 N–H and O–H groups in total. The van der Waals surface area contributed by atoms with Crippen LogP contribution in [0.2, 0.25) is 0 Å². The Labute approximate surface area is 96.3 Å². The number of nitrogens with two attached hydrogens (primary N) is 1. The Hall–Kier alpha value is -1.42. The molecule has 0 aliphatic rings. The van der Waals surface area contributed by atoms with Crippen molar-refractivity contribution in [2.45, 2.75) is 19.4 Å². The van der Waals surface area contributed by atoms with Crippen LogP contribution in [0.5, 0.6) is 17.2 Å². The Kier molecular flexibility index (Phi) is 3.65. The highest BCUT2D eigenvalue weighted by molar-refractivity contribution is 5.54. The molecule has 1 aromatic carbocycles. The van der Waals surface area contributed by atoms with E-state index in [1.165, 1.54) is 0 Å². The third-order valence-corrected chi connectivity index (χ3v) is 2.41. The van der Waals surface area contributed by atoms with Crippen LogP contribution in [0, 0.1) is 0 Å². The van der Waals surface area contributed by atoms with Gasteiger partial charge in [-0.15, -0.1) is 0 Å². The number of methoxy groups -OCH3 is 3. The van der Waals surface area contributed by atoms with Gasteiger partial charge >= 0.3 is 0 Å². The minimum absolute atomic E-state index is 0.452. The molecule has 0 aromatic heterocycles. The van der Waals surface area contributed by atoms with Gasteiger partial charge < -0.3 is 19.9 Å². The lowest BCUT2D eigenvalue weighted by Crippen LogP contribution is -2.28. The van der Waals surface area contributed by atoms with Crippen LogP contribution < -0.4 is 19.9 Å². The molecule has 1 rings (SSSR count). The van der Waals surface area contributed by atoms with Gasteiger partial charge in [0.05, 0.1) is 21.3 Å². The maximum absolute atomic E-state index is 6.04. The Morgan fingerprint density at radius 3 is 1.62 bits per heavy atom. The molecule has 0 unspecified atom stereocenters. The van der Waals surface area contributed by atoms with Gasteiger partial charge in [-0.1, -0.05) is 0 Å². The fourth-order valence-electron chi connectivity index (χ4n) is 1.45. The van der Waals surface area contributed by atoms with Crippen LogP contribution in [0.15, 0.2) is 12.1 Å². The van der Waals surface area contributed by atoms with Gasteiger partial charge in [0.25, 0.3) is 0 Å². The Balaban J connectivity index is 3.37. The molecule has 4 nitrogen and oxygen atoms in total. The maximum Gasteiger partial charge on any atom is 0.203 e. The highest BCUT2D eigenvalue weighted by Gasteiger charge is 2.20. The van der Waals surface area contributed by atoms with E-state index in [0.29, 0.717) is 17.2 Å². The summed E-state index contributed by atoms with van der Waals surface area (Å²) in [6.45, 7) is 3.85. The van der Waals surface area contributed by atoms with Crippen LogP contribution in [-0.2, 0) is 5.54 Å². The van der Waals surface area contributed by atoms with Crippen molar-refractivity contribution in [3.05, 3.63) is 17.7 Å². The molecule has 0 fully saturated rings. The van der Waals surface area contributed by atoms with Crippen LogP contribution in [0.4, 0.5) is 0 Å². The fourth-order valence-corrected chi connectivity index (χ4v) is 1.45. The monoisotopic (exact) mass is 225 g/mol. The molecule has 0 aliphatic heterocycles. The first-order valence-corrected chi connectivity index (χ1v) is 5.03. The Morgan fingerprint density at radius 2 is 1.38 bits per heavy atom. The maximum atomic E-state index is 6.04. The van der Waals surface area contributed by atoms with Gasteiger partial charge in [0.15, 0.2) is 11.5 Å². The van der Waals surface area contributed by atoms with Gasteiger partial charge in [-0.25, -0.2) is 0 Å². The first-order chi connectivity index (χ1) is 7.43. The van der Waals surface area contributed by atoms with Crippen molar-refractivity contribution in [3.63, 3.8) is 0 Å². The molecule has 0 saturated heterocycles. The van der Waals surface area contributed by atoms with E-state index in [0.717, 1.165) is 5.56 Å². The SMILES string of the molecule is COc1cc(C(C)(C)N)cc(OC)c1OC. The summed E-state index contributed by atoms with van der Waals surface area (Å²) in [6, 6.07) is 3.72. The van der Waals surface area contributed by atoms with E-state index in [4.69, 9.17) is 19.9 Å². The smallest absolute Gasteiger partial charge is 0.203 e. The zero-order valence-electron chi connectivity index (χ0n) is 10.5. The predicted octanol–water partition coefficient (Wildman–Crippen LogP) is 1.91. The number of ether oxygens (including phenoxy) is 3. The third-order valence-electron chi connectivity index (χ3n) is 2.41. The summed E-state index contributed by atoms with van der Waals surface area (Å²) in [5, 5.41) is 0. The van der Waals surface area contributed by atoms with Crippen LogP contribution in [0.1, 0.15) is 19.4 Å². The molecule has 0 radical (unpaired) electrons. The molecule has 4 heteroatoms. The van der Waals surface area contributed by atoms with Gasteiger partial charge in [-0.2, -0.15) is 0 Å². The third kappa shape index (κ3) is 2.39. The molecule has 0 bridgehead atoms. The summed E-state index contributed by atoms with van der Waals surface area (Å²) in [4.78, 5) is 0. The largest absolute Gasteiger partial charge is 0.493 e. The first-order valence-electron chi connectivity index (χ1n) is 5.03. The van der Waals surface area contributed by atoms with Gasteiger partial charge in [0.1, 0.15) is 0 Å².